The van der Waals surface area contributed by atoms with E-state index in [1.807, 2.05) is 30.3 Å². The van der Waals surface area contributed by atoms with Crippen molar-refractivity contribution in [3.63, 3.8) is 0 Å². The average molecular weight is 422 g/mol. The molecular formula is C21H19N5OS2. The highest BCUT2D eigenvalue weighted by Crippen LogP contribution is 2.46. The number of benzene rings is 1. The number of thioether (sulfide) groups is 1. The van der Waals surface area contributed by atoms with E-state index in [1.165, 1.54) is 23.1 Å². The second kappa shape index (κ2) is 8.23. The highest BCUT2D eigenvalue weighted by Gasteiger charge is 2.41. The minimum absolute atomic E-state index is 0.0659. The van der Waals surface area contributed by atoms with Gasteiger partial charge in [0, 0.05) is 23.4 Å². The molecule has 1 aliphatic carbocycles. The molecule has 29 heavy (non-hydrogen) atoms. The number of nitrogens with two attached hydrogens (primary N) is 1. The fraction of sp³-hybridized carbons (Fsp3) is 0.238. The van der Waals surface area contributed by atoms with Crippen LogP contribution in [0, 0.1) is 11.3 Å². The second-order valence-electron chi connectivity index (χ2n) is 6.68. The fourth-order valence-corrected chi connectivity index (χ4v) is 5.41. The van der Waals surface area contributed by atoms with Crippen molar-refractivity contribution < 1.29 is 4.79 Å². The third-order valence-electron chi connectivity index (χ3n) is 4.96. The van der Waals surface area contributed by atoms with Gasteiger partial charge in [-0.15, -0.1) is 16.8 Å². The van der Waals surface area contributed by atoms with Gasteiger partial charge in [-0.2, -0.15) is 5.26 Å². The number of anilines is 1. The smallest absolute Gasteiger partial charge is 0.219 e. The molecule has 0 saturated carbocycles. The summed E-state index contributed by atoms with van der Waals surface area (Å²) < 4.78 is 0.792. The lowest BCUT2D eigenvalue weighted by Crippen LogP contribution is -2.38. The van der Waals surface area contributed by atoms with E-state index < -0.39 is 5.92 Å². The van der Waals surface area contributed by atoms with E-state index >= 15 is 0 Å². The summed E-state index contributed by atoms with van der Waals surface area (Å²) in [5, 5.41) is 19.1. The summed E-state index contributed by atoms with van der Waals surface area (Å²) in [7, 11) is 0. The summed E-state index contributed by atoms with van der Waals surface area (Å²) in [6, 6.07) is 11.9. The van der Waals surface area contributed by atoms with Crippen LogP contribution in [0.1, 0.15) is 30.7 Å². The van der Waals surface area contributed by atoms with Crippen LogP contribution in [0.15, 0.2) is 70.0 Å². The summed E-state index contributed by atoms with van der Waals surface area (Å²) in [5.74, 6) is 0.677. The SMILES string of the molecule is C=CCSc1nnc(N2C(N)=C(C#N)C(c3ccccc3)C3=C2CCCC3=O)s1. The van der Waals surface area contributed by atoms with Crippen LogP contribution in [0.5, 0.6) is 0 Å². The number of nitrogens with zero attached hydrogens (tertiary/aromatic N) is 4. The lowest BCUT2D eigenvalue weighted by atomic mass is 9.76. The number of rotatable bonds is 5. The van der Waals surface area contributed by atoms with E-state index in [4.69, 9.17) is 5.73 Å². The largest absolute Gasteiger partial charge is 0.384 e. The highest BCUT2D eigenvalue weighted by atomic mass is 32.2. The summed E-state index contributed by atoms with van der Waals surface area (Å²) in [6.45, 7) is 3.72. The minimum Gasteiger partial charge on any atom is -0.384 e. The van der Waals surface area contributed by atoms with E-state index in [-0.39, 0.29) is 5.78 Å². The number of nitriles is 1. The zero-order chi connectivity index (χ0) is 20.4. The monoisotopic (exact) mass is 421 g/mol. The van der Waals surface area contributed by atoms with Crippen LogP contribution in [-0.2, 0) is 4.79 Å². The summed E-state index contributed by atoms with van der Waals surface area (Å²) in [5.41, 5.74) is 9.27. The number of hydrogen-bond donors (Lipinski definition) is 1. The Hall–Kier alpha value is -2.89. The molecule has 1 aromatic carbocycles. The van der Waals surface area contributed by atoms with Gasteiger partial charge < -0.3 is 5.73 Å². The number of Topliss-reactive ketones (excluding diaryl/α,β-unsaturated/α-hetero) is 1. The van der Waals surface area contributed by atoms with Gasteiger partial charge in [-0.05, 0) is 18.4 Å². The molecule has 0 radical (unpaired) electrons. The van der Waals surface area contributed by atoms with Crippen molar-refractivity contribution in [3.8, 4) is 6.07 Å². The van der Waals surface area contributed by atoms with Gasteiger partial charge in [0.25, 0.3) is 0 Å². The fourth-order valence-electron chi connectivity index (χ4n) is 3.77. The normalized spacial score (nSPS) is 19.2. The van der Waals surface area contributed by atoms with Gasteiger partial charge in [0.2, 0.25) is 5.13 Å². The Labute approximate surface area is 177 Å². The molecule has 2 aliphatic rings. The number of ketones is 1. The Morgan fingerprint density at radius 3 is 2.86 bits per heavy atom. The van der Waals surface area contributed by atoms with Crippen LogP contribution in [-0.4, -0.2) is 21.7 Å². The van der Waals surface area contributed by atoms with Gasteiger partial charge in [0.1, 0.15) is 5.82 Å². The van der Waals surface area contributed by atoms with Gasteiger partial charge in [-0.3, -0.25) is 9.69 Å². The first-order chi connectivity index (χ1) is 14.2. The molecule has 1 aliphatic heterocycles. The maximum absolute atomic E-state index is 13.0. The molecule has 1 atom stereocenters. The Morgan fingerprint density at radius 2 is 2.14 bits per heavy atom. The Morgan fingerprint density at radius 1 is 1.34 bits per heavy atom. The van der Waals surface area contributed by atoms with E-state index in [0.717, 1.165) is 27.8 Å². The lowest BCUT2D eigenvalue weighted by molar-refractivity contribution is -0.116. The molecule has 0 fully saturated rings. The molecular weight excluding hydrogens is 402 g/mol. The van der Waals surface area contributed by atoms with E-state index in [1.54, 1.807) is 11.0 Å². The molecule has 2 N–H and O–H groups in total. The number of hydrogen-bond acceptors (Lipinski definition) is 8. The van der Waals surface area contributed by atoms with Crippen molar-refractivity contribution in [2.24, 2.45) is 5.73 Å². The molecule has 0 bridgehead atoms. The summed E-state index contributed by atoms with van der Waals surface area (Å²) in [4.78, 5) is 14.8. The maximum Gasteiger partial charge on any atom is 0.219 e. The maximum atomic E-state index is 13.0. The molecule has 1 unspecified atom stereocenters. The quantitative estimate of drug-likeness (QED) is 0.573. The number of carbonyl (C=O) groups excluding carboxylic acids is 1. The van der Waals surface area contributed by atoms with Gasteiger partial charge in [0.05, 0.1) is 17.6 Å². The van der Waals surface area contributed by atoms with E-state index in [2.05, 4.69) is 22.8 Å². The van der Waals surface area contributed by atoms with Crippen LogP contribution in [0.3, 0.4) is 0 Å². The zero-order valence-corrected chi connectivity index (χ0v) is 17.3. The van der Waals surface area contributed by atoms with Gasteiger partial charge in [-0.1, -0.05) is 59.5 Å². The third-order valence-corrected chi connectivity index (χ3v) is 7.00. The van der Waals surface area contributed by atoms with Crippen LogP contribution in [0.2, 0.25) is 0 Å². The van der Waals surface area contributed by atoms with Crippen molar-refractivity contribution in [3.05, 3.63) is 71.2 Å². The first-order valence-electron chi connectivity index (χ1n) is 9.24. The number of allylic oxidation sites excluding steroid dienone is 3. The molecule has 0 saturated heterocycles. The van der Waals surface area contributed by atoms with E-state index in [9.17, 15) is 10.1 Å². The second-order valence-corrected chi connectivity index (χ2v) is 8.90. The van der Waals surface area contributed by atoms with Gasteiger partial charge >= 0.3 is 0 Å². The molecule has 0 amide bonds. The summed E-state index contributed by atoms with van der Waals surface area (Å²) >= 11 is 2.94. The topological polar surface area (TPSA) is 95.9 Å². The van der Waals surface area contributed by atoms with E-state index in [0.29, 0.717) is 34.9 Å². The van der Waals surface area contributed by atoms with Crippen LogP contribution in [0.4, 0.5) is 5.13 Å². The molecule has 2 heterocycles. The van der Waals surface area contributed by atoms with Crippen molar-refractivity contribution in [1.82, 2.24) is 10.2 Å². The van der Waals surface area contributed by atoms with Crippen molar-refractivity contribution in [1.29, 1.82) is 5.26 Å². The predicted octanol–water partition coefficient (Wildman–Crippen LogP) is 4.12. The molecule has 2 aromatic rings. The van der Waals surface area contributed by atoms with Gasteiger partial charge in [0.15, 0.2) is 10.1 Å². The average Bonchev–Trinajstić information content (AvgIpc) is 3.20. The molecule has 8 heteroatoms. The zero-order valence-electron chi connectivity index (χ0n) is 15.7. The first-order valence-corrected chi connectivity index (χ1v) is 11.0. The molecule has 1 aromatic heterocycles. The molecule has 0 spiro atoms. The van der Waals surface area contributed by atoms with Crippen LogP contribution >= 0.6 is 23.1 Å². The minimum atomic E-state index is -0.442. The Kier molecular flexibility index (Phi) is 5.51. The van der Waals surface area contributed by atoms with Crippen molar-refractivity contribution in [2.75, 3.05) is 10.7 Å². The highest BCUT2D eigenvalue weighted by molar-refractivity contribution is 8.01. The Bertz CT molecular complexity index is 1060. The molecule has 146 valence electrons. The van der Waals surface area contributed by atoms with Crippen LogP contribution < -0.4 is 10.6 Å². The predicted molar refractivity (Wildman–Crippen MR) is 115 cm³/mol. The number of carbonyl (C=O) groups is 1. The molecule has 4 rings (SSSR count). The lowest BCUT2D eigenvalue weighted by Gasteiger charge is -2.38. The van der Waals surface area contributed by atoms with Crippen LogP contribution in [0.25, 0.3) is 0 Å². The van der Waals surface area contributed by atoms with Crippen molar-refractivity contribution in [2.45, 2.75) is 29.5 Å². The summed E-state index contributed by atoms with van der Waals surface area (Å²) in [6.07, 6.45) is 3.74. The number of aromatic nitrogens is 2. The molecule has 6 nitrogen and oxygen atoms in total. The third kappa shape index (κ3) is 3.48. The Balaban J connectivity index is 1.87. The first kappa shape index (κ1) is 19.4. The van der Waals surface area contributed by atoms with Gasteiger partial charge in [-0.25, -0.2) is 0 Å². The van der Waals surface area contributed by atoms with Crippen molar-refractivity contribution >= 4 is 34.0 Å². The standard InChI is InChI=1S/C21H19N5OS2/c1-2-11-28-21-25-24-20(29-21)26-15-9-6-10-16(27)18(15)17(14(12-22)19(26)23)13-7-4-3-5-8-13/h2-5,7-8,17H,1,6,9-11,23H2.